The summed E-state index contributed by atoms with van der Waals surface area (Å²) < 4.78 is 1.85. The molecule has 0 bridgehead atoms. The van der Waals surface area contributed by atoms with Gasteiger partial charge in [-0.3, -0.25) is 4.79 Å². The average Bonchev–Trinajstić information content (AvgIpc) is 2.87. The maximum atomic E-state index is 12.8. The van der Waals surface area contributed by atoms with E-state index in [-0.39, 0.29) is 11.2 Å². The summed E-state index contributed by atoms with van der Waals surface area (Å²) in [5.41, 5.74) is 1.40. The number of carbonyl (C=O) groups excluding carboxylic acids is 1. The molecule has 1 aliphatic rings. The van der Waals surface area contributed by atoms with Gasteiger partial charge in [0.15, 0.2) is 5.16 Å². The van der Waals surface area contributed by atoms with E-state index in [1.165, 1.54) is 17.3 Å². The Labute approximate surface area is 147 Å². The first-order valence-corrected chi connectivity index (χ1v) is 9.37. The first kappa shape index (κ1) is 17.0. The Morgan fingerprint density at radius 3 is 2.75 bits per heavy atom. The molecule has 24 heavy (non-hydrogen) atoms. The van der Waals surface area contributed by atoms with Crippen LogP contribution in [0.3, 0.4) is 0 Å². The van der Waals surface area contributed by atoms with E-state index in [9.17, 15) is 4.79 Å². The number of hydrogen-bond donors (Lipinski definition) is 0. The molecule has 2 aromatic rings. The second-order valence-corrected chi connectivity index (χ2v) is 7.66. The topological polar surface area (TPSA) is 51.0 Å². The minimum atomic E-state index is -0.138. The van der Waals surface area contributed by atoms with Gasteiger partial charge in [-0.15, -0.1) is 10.2 Å². The monoisotopic (exact) mass is 344 g/mol. The lowest BCUT2D eigenvalue weighted by molar-refractivity contribution is -0.130. The first-order valence-electron chi connectivity index (χ1n) is 8.49. The molecule has 0 N–H and O–H groups in total. The van der Waals surface area contributed by atoms with Crippen LogP contribution in [0.5, 0.6) is 0 Å². The van der Waals surface area contributed by atoms with Crippen molar-refractivity contribution >= 4 is 17.7 Å². The molecule has 2 atom stereocenters. The minimum Gasteiger partial charge on any atom is -0.342 e. The van der Waals surface area contributed by atoms with Gasteiger partial charge in [0.25, 0.3) is 0 Å². The van der Waals surface area contributed by atoms with Gasteiger partial charge in [0.2, 0.25) is 5.91 Å². The van der Waals surface area contributed by atoms with Gasteiger partial charge < -0.3 is 9.47 Å². The zero-order valence-corrected chi connectivity index (χ0v) is 15.1. The summed E-state index contributed by atoms with van der Waals surface area (Å²) in [7, 11) is 1.90. The second-order valence-electron chi connectivity index (χ2n) is 6.35. The summed E-state index contributed by atoms with van der Waals surface area (Å²) in [4.78, 5) is 14.8. The van der Waals surface area contributed by atoms with Gasteiger partial charge in [0.05, 0.1) is 5.25 Å². The van der Waals surface area contributed by atoms with E-state index in [0.29, 0.717) is 5.92 Å². The van der Waals surface area contributed by atoms with E-state index in [4.69, 9.17) is 0 Å². The molecule has 0 spiro atoms. The summed E-state index contributed by atoms with van der Waals surface area (Å²) in [5.74, 6) is 0.766. The average molecular weight is 344 g/mol. The predicted octanol–water partition coefficient (Wildman–Crippen LogP) is 3.09. The molecular weight excluding hydrogens is 320 g/mol. The third-order valence-electron chi connectivity index (χ3n) is 4.61. The maximum Gasteiger partial charge on any atom is 0.235 e. The van der Waals surface area contributed by atoms with Crippen LogP contribution in [0.2, 0.25) is 0 Å². The third kappa shape index (κ3) is 3.98. The van der Waals surface area contributed by atoms with Crippen molar-refractivity contribution in [2.24, 2.45) is 7.05 Å². The third-order valence-corrected chi connectivity index (χ3v) is 5.75. The zero-order chi connectivity index (χ0) is 16.9. The van der Waals surface area contributed by atoms with Crippen LogP contribution in [0.1, 0.15) is 37.7 Å². The first-order chi connectivity index (χ1) is 11.6. The van der Waals surface area contributed by atoms with Gasteiger partial charge in [0.1, 0.15) is 6.33 Å². The Kier molecular flexibility index (Phi) is 5.56. The van der Waals surface area contributed by atoms with Crippen LogP contribution >= 0.6 is 11.8 Å². The molecule has 6 heteroatoms. The van der Waals surface area contributed by atoms with Crippen LogP contribution in [0, 0.1) is 0 Å². The van der Waals surface area contributed by atoms with E-state index in [0.717, 1.165) is 37.5 Å². The highest BCUT2D eigenvalue weighted by molar-refractivity contribution is 8.00. The lowest BCUT2D eigenvalue weighted by Gasteiger charge is -2.24. The molecule has 128 valence electrons. The van der Waals surface area contributed by atoms with E-state index in [2.05, 4.69) is 40.5 Å². The van der Waals surface area contributed by atoms with Gasteiger partial charge in [-0.05, 0) is 37.7 Å². The number of aryl methyl sites for hydroxylation is 1. The number of rotatable bonds is 4. The van der Waals surface area contributed by atoms with E-state index < -0.39 is 0 Å². The maximum absolute atomic E-state index is 12.8. The Morgan fingerprint density at radius 2 is 2.04 bits per heavy atom. The minimum absolute atomic E-state index is 0.138. The summed E-state index contributed by atoms with van der Waals surface area (Å²) in [6.07, 6.45) is 4.91. The normalized spacial score (nSPS) is 19.8. The van der Waals surface area contributed by atoms with Gasteiger partial charge in [0, 0.05) is 20.1 Å². The van der Waals surface area contributed by atoms with Crippen LogP contribution in [0.15, 0.2) is 41.8 Å². The molecule has 0 saturated carbocycles. The molecule has 1 amide bonds. The molecule has 5 nitrogen and oxygen atoms in total. The van der Waals surface area contributed by atoms with Gasteiger partial charge in [-0.25, -0.2) is 0 Å². The lowest BCUT2D eigenvalue weighted by atomic mass is 9.92. The van der Waals surface area contributed by atoms with Crippen molar-refractivity contribution in [2.75, 3.05) is 13.1 Å². The van der Waals surface area contributed by atoms with Gasteiger partial charge in [-0.1, -0.05) is 42.1 Å². The van der Waals surface area contributed by atoms with Crippen molar-refractivity contribution in [3.8, 4) is 0 Å². The van der Waals surface area contributed by atoms with Gasteiger partial charge in [-0.2, -0.15) is 0 Å². The molecule has 0 unspecified atom stereocenters. The van der Waals surface area contributed by atoms with E-state index >= 15 is 0 Å². The highest BCUT2D eigenvalue weighted by atomic mass is 32.2. The number of nitrogens with zero attached hydrogens (tertiary/aromatic N) is 4. The van der Waals surface area contributed by atoms with Crippen molar-refractivity contribution in [1.29, 1.82) is 0 Å². The molecule has 1 aliphatic heterocycles. The molecule has 1 fully saturated rings. The van der Waals surface area contributed by atoms with Crippen molar-refractivity contribution in [3.05, 3.63) is 42.2 Å². The second kappa shape index (κ2) is 7.83. The Balaban J connectivity index is 1.59. The molecular formula is C18H24N4OS. The number of thioether (sulfide) groups is 1. The summed E-state index contributed by atoms with van der Waals surface area (Å²) >= 11 is 1.48. The summed E-state index contributed by atoms with van der Waals surface area (Å²) in [6, 6.07) is 10.7. The van der Waals surface area contributed by atoms with Crippen molar-refractivity contribution in [2.45, 2.75) is 42.5 Å². The van der Waals surface area contributed by atoms with Crippen molar-refractivity contribution in [3.63, 3.8) is 0 Å². The quantitative estimate of drug-likeness (QED) is 0.800. The van der Waals surface area contributed by atoms with Crippen molar-refractivity contribution in [1.82, 2.24) is 19.7 Å². The standard InChI is InChI=1S/C18H24N4OS/c1-14(24-18-20-19-13-21(18)2)17(23)22-11-6-9-16(10-12-22)15-7-4-3-5-8-15/h3-5,7-8,13-14,16H,6,9-12H2,1-2H3/t14-,16+/m0/s1. The van der Waals surface area contributed by atoms with Crippen LogP contribution in [0.25, 0.3) is 0 Å². The molecule has 0 aliphatic carbocycles. The fourth-order valence-corrected chi connectivity index (χ4v) is 4.09. The molecule has 1 saturated heterocycles. The molecule has 1 aromatic heterocycles. The zero-order valence-electron chi connectivity index (χ0n) is 14.3. The Morgan fingerprint density at radius 1 is 1.25 bits per heavy atom. The number of hydrogen-bond acceptors (Lipinski definition) is 4. The molecule has 2 heterocycles. The highest BCUT2D eigenvalue weighted by Crippen LogP contribution is 2.29. The summed E-state index contributed by atoms with van der Waals surface area (Å²) in [6.45, 7) is 3.65. The van der Waals surface area contributed by atoms with Crippen LogP contribution in [0.4, 0.5) is 0 Å². The molecule has 3 rings (SSSR count). The number of amides is 1. The van der Waals surface area contributed by atoms with Crippen LogP contribution in [-0.4, -0.2) is 43.9 Å². The number of carbonyl (C=O) groups is 1. The van der Waals surface area contributed by atoms with E-state index in [1.54, 1.807) is 6.33 Å². The van der Waals surface area contributed by atoms with Crippen LogP contribution in [-0.2, 0) is 11.8 Å². The fraction of sp³-hybridized carbons (Fsp3) is 0.500. The smallest absolute Gasteiger partial charge is 0.235 e. The fourth-order valence-electron chi connectivity index (χ4n) is 3.22. The highest BCUT2D eigenvalue weighted by Gasteiger charge is 2.26. The molecule has 0 radical (unpaired) electrons. The summed E-state index contributed by atoms with van der Waals surface area (Å²) in [5, 5.41) is 8.58. The van der Waals surface area contributed by atoms with E-state index in [1.807, 2.05) is 23.4 Å². The lowest BCUT2D eigenvalue weighted by Crippen LogP contribution is -2.37. The number of benzene rings is 1. The number of aromatic nitrogens is 3. The largest absolute Gasteiger partial charge is 0.342 e. The Bertz CT molecular complexity index is 673. The Hall–Kier alpha value is -1.82. The number of likely N-dealkylation sites (tertiary alicyclic amines) is 1. The van der Waals surface area contributed by atoms with Crippen molar-refractivity contribution < 1.29 is 4.79 Å². The predicted molar refractivity (Wildman–Crippen MR) is 95.9 cm³/mol. The SMILES string of the molecule is C[C@H](Sc1nncn1C)C(=O)N1CCC[C@@H](c2ccccc2)CC1. The van der Waals surface area contributed by atoms with Gasteiger partial charge >= 0.3 is 0 Å². The van der Waals surface area contributed by atoms with Crippen LogP contribution < -0.4 is 0 Å². The molecule has 1 aromatic carbocycles.